The minimum absolute atomic E-state index is 0.116. The van der Waals surface area contributed by atoms with Gasteiger partial charge in [-0.05, 0) is 36.4 Å². The fourth-order valence-electron chi connectivity index (χ4n) is 1.75. The van der Waals surface area contributed by atoms with E-state index in [0.717, 1.165) is 24.5 Å². The minimum Gasteiger partial charge on any atom is -0.322 e. The van der Waals surface area contributed by atoms with Gasteiger partial charge in [0.2, 0.25) is 10.0 Å². The molecule has 2 N–H and O–H groups in total. The maximum atomic E-state index is 13.7. The summed E-state index contributed by atoms with van der Waals surface area (Å²) in [6, 6.07) is 7.24. The number of benzene rings is 2. The summed E-state index contributed by atoms with van der Waals surface area (Å²) in [7, 11) is -3.68. The largest absolute Gasteiger partial charge is 0.322 e. The Morgan fingerprint density at radius 1 is 1.09 bits per heavy atom. The Labute approximate surface area is 139 Å². The topological polar surface area (TPSA) is 75.3 Å². The van der Waals surface area contributed by atoms with Crippen LogP contribution in [0, 0.1) is 11.6 Å². The van der Waals surface area contributed by atoms with Crippen molar-refractivity contribution in [1.82, 2.24) is 0 Å². The van der Waals surface area contributed by atoms with Crippen LogP contribution in [0.25, 0.3) is 0 Å². The molecule has 0 aliphatic rings. The number of carbonyl (C=O) groups is 1. The van der Waals surface area contributed by atoms with Crippen LogP contribution >= 0.6 is 15.9 Å². The lowest BCUT2D eigenvalue weighted by molar-refractivity contribution is 0.102. The van der Waals surface area contributed by atoms with Crippen LogP contribution in [-0.2, 0) is 10.0 Å². The molecule has 1 amide bonds. The summed E-state index contributed by atoms with van der Waals surface area (Å²) in [5.41, 5.74) is -0.401. The Balaban J connectivity index is 2.26. The summed E-state index contributed by atoms with van der Waals surface area (Å²) >= 11 is 3.08. The predicted octanol–water partition coefficient (Wildman–Crippen LogP) is 3.35. The highest BCUT2D eigenvalue weighted by molar-refractivity contribution is 9.10. The zero-order chi connectivity index (χ0) is 17.2. The molecule has 0 bridgehead atoms. The van der Waals surface area contributed by atoms with Crippen molar-refractivity contribution in [3.8, 4) is 0 Å². The first-order valence-electron chi connectivity index (χ1n) is 6.19. The first kappa shape index (κ1) is 17.4. The quantitative estimate of drug-likeness (QED) is 0.820. The highest BCUT2D eigenvalue weighted by Crippen LogP contribution is 2.22. The third-order valence-corrected chi connectivity index (χ3v) is 3.78. The molecule has 0 saturated heterocycles. The maximum absolute atomic E-state index is 13.7. The normalized spacial score (nSPS) is 11.1. The second-order valence-electron chi connectivity index (χ2n) is 4.65. The Morgan fingerprint density at radius 2 is 1.78 bits per heavy atom. The van der Waals surface area contributed by atoms with E-state index in [2.05, 4.69) is 21.2 Å². The summed E-state index contributed by atoms with van der Waals surface area (Å²) < 4.78 is 52.1. The van der Waals surface area contributed by atoms with E-state index in [4.69, 9.17) is 0 Å². The number of sulfonamides is 1. The SMILES string of the molecule is CS(=O)(=O)Nc1cc(NC(=O)c2ccc(Br)cc2F)ccc1F. The van der Waals surface area contributed by atoms with E-state index in [1.807, 2.05) is 4.72 Å². The van der Waals surface area contributed by atoms with Gasteiger partial charge in [-0.2, -0.15) is 0 Å². The van der Waals surface area contributed by atoms with E-state index in [-0.39, 0.29) is 16.9 Å². The molecule has 0 spiro atoms. The molecular weight excluding hydrogens is 394 g/mol. The van der Waals surface area contributed by atoms with Gasteiger partial charge in [0.15, 0.2) is 0 Å². The Hall–Kier alpha value is -2.00. The molecule has 5 nitrogen and oxygen atoms in total. The molecule has 23 heavy (non-hydrogen) atoms. The van der Waals surface area contributed by atoms with Gasteiger partial charge in [0.05, 0.1) is 17.5 Å². The summed E-state index contributed by atoms with van der Waals surface area (Å²) in [5, 5.41) is 2.38. The molecule has 0 aromatic heterocycles. The summed E-state index contributed by atoms with van der Waals surface area (Å²) in [4.78, 5) is 12.0. The van der Waals surface area contributed by atoms with Crippen LogP contribution in [-0.4, -0.2) is 20.6 Å². The first-order chi connectivity index (χ1) is 10.7. The predicted molar refractivity (Wildman–Crippen MR) is 86.9 cm³/mol. The third kappa shape index (κ3) is 4.73. The van der Waals surface area contributed by atoms with Crippen molar-refractivity contribution in [3.63, 3.8) is 0 Å². The molecule has 122 valence electrons. The number of amides is 1. The summed E-state index contributed by atoms with van der Waals surface area (Å²) in [6.07, 6.45) is 0.870. The highest BCUT2D eigenvalue weighted by Gasteiger charge is 2.14. The van der Waals surface area contributed by atoms with E-state index in [0.29, 0.717) is 4.47 Å². The summed E-state index contributed by atoms with van der Waals surface area (Å²) in [5.74, 6) is -2.27. The molecule has 2 aromatic rings. The average molecular weight is 405 g/mol. The minimum atomic E-state index is -3.68. The van der Waals surface area contributed by atoms with Crippen molar-refractivity contribution < 1.29 is 22.0 Å². The van der Waals surface area contributed by atoms with Gasteiger partial charge in [-0.3, -0.25) is 9.52 Å². The maximum Gasteiger partial charge on any atom is 0.258 e. The number of halogens is 3. The fourth-order valence-corrected chi connectivity index (χ4v) is 2.64. The molecule has 0 heterocycles. The van der Waals surface area contributed by atoms with Crippen LogP contribution in [0.5, 0.6) is 0 Å². The molecule has 9 heteroatoms. The Morgan fingerprint density at radius 3 is 2.39 bits per heavy atom. The van der Waals surface area contributed by atoms with E-state index in [1.54, 1.807) is 0 Å². The van der Waals surface area contributed by atoms with E-state index in [9.17, 15) is 22.0 Å². The monoisotopic (exact) mass is 404 g/mol. The van der Waals surface area contributed by atoms with Crippen LogP contribution < -0.4 is 10.0 Å². The molecule has 0 aliphatic heterocycles. The Bertz CT molecular complexity index is 872. The number of anilines is 2. The van der Waals surface area contributed by atoms with Gasteiger partial charge in [-0.15, -0.1) is 0 Å². The van der Waals surface area contributed by atoms with Gasteiger partial charge < -0.3 is 5.32 Å². The molecule has 0 fully saturated rings. The lowest BCUT2D eigenvalue weighted by atomic mass is 10.2. The summed E-state index contributed by atoms with van der Waals surface area (Å²) in [6.45, 7) is 0. The molecule has 0 radical (unpaired) electrons. The van der Waals surface area contributed by atoms with Gasteiger partial charge in [0, 0.05) is 10.2 Å². The molecule has 2 aromatic carbocycles. The Kier molecular flexibility index (Phi) is 5.00. The van der Waals surface area contributed by atoms with Gasteiger partial charge in [0.25, 0.3) is 5.91 Å². The molecule has 0 aliphatic carbocycles. The van der Waals surface area contributed by atoms with Crippen LogP contribution in [0.3, 0.4) is 0 Å². The standard InChI is InChI=1S/C14H11BrF2N2O3S/c1-23(21,22)19-13-7-9(3-5-11(13)16)18-14(20)10-4-2-8(15)6-12(10)17/h2-7,19H,1H3,(H,18,20). The van der Waals surface area contributed by atoms with Crippen LogP contribution in [0.4, 0.5) is 20.2 Å². The van der Waals surface area contributed by atoms with E-state index in [1.165, 1.54) is 18.2 Å². The zero-order valence-electron chi connectivity index (χ0n) is 11.7. The van der Waals surface area contributed by atoms with Crippen LogP contribution in [0.2, 0.25) is 0 Å². The van der Waals surface area contributed by atoms with Crippen molar-refractivity contribution in [2.75, 3.05) is 16.3 Å². The third-order valence-electron chi connectivity index (χ3n) is 2.70. The van der Waals surface area contributed by atoms with Gasteiger partial charge in [-0.25, -0.2) is 17.2 Å². The molecule has 0 unspecified atom stereocenters. The second-order valence-corrected chi connectivity index (χ2v) is 7.31. The van der Waals surface area contributed by atoms with Gasteiger partial charge >= 0.3 is 0 Å². The average Bonchev–Trinajstić information content (AvgIpc) is 2.40. The zero-order valence-corrected chi connectivity index (χ0v) is 14.1. The molecule has 0 saturated carbocycles. The number of nitrogens with one attached hydrogen (secondary N) is 2. The second kappa shape index (κ2) is 6.63. The van der Waals surface area contributed by atoms with Crippen molar-refractivity contribution in [2.24, 2.45) is 0 Å². The molecular formula is C14H11BrF2N2O3S. The van der Waals surface area contributed by atoms with Gasteiger partial charge in [-0.1, -0.05) is 15.9 Å². The number of rotatable bonds is 4. The smallest absolute Gasteiger partial charge is 0.258 e. The van der Waals surface area contributed by atoms with E-state index >= 15 is 0 Å². The van der Waals surface area contributed by atoms with Crippen molar-refractivity contribution in [2.45, 2.75) is 0 Å². The van der Waals surface area contributed by atoms with Crippen molar-refractivity contribution in [1.29, 1.82) is 0 Å². The molecule has 2 rings (SSSR count). The van der Waals surface area contributed by atoms with Crippen LogP contribution in [0.1, 0.15) is 10.4 Å². The molecule has 0 atom stereocenters. The van der Waals surface area contributed by atoms with Crippen molar-refractivity contribution in [3.05, 3.63) is 58.1 Å². The lowest BCUT2D eigenvalue weighted by Crippen LogP contribution is -2.15. The van der Waals surface area contributed by atoms with Gasteiger partial charge in [0.1, 0.15) is 11.6 Å². The fraction of sp³-hybridized carbons (Fsp3) is 0.0714. The van der Waals surface area contributed by atoms with Crippen LogP contribution in [0.15, 0.2) is 40.9 Å². The van der Waals surface area contributed by atoms with Crippen molar-refractivity contribution >= 4 is 43.2 Å². The number of hydrogen-bond donors (Lipinski definition) is 2. The first-order valence-corrected chi connectivity index (χ1v) is 8.88. The van der Waals surface area contributed by atoms with E-state index < -0.39 is 27.6 Å². The number of hydrogen-bond acceptors (Lipinski definition) is 3. The highest BCUT2D eigenvalue weighted by atomic mass is 79.9. The number of carbonyl (C=O) groups excluding carboxylic acids is 1. The lowest BCUT2D eigenvalue weighted by Gasteiger charge is -2.10.